The molecule has 0 bridgehead atoms. The summed E-state index contributed by atoms with van der Waals surface area (Å²) in [5.74, 6) is -0.765. The Morgan fingerprint density at radius 3 is 2.60 bits per heavy atom. The SMILES string of the molecule is Cl.O=C(NO)[C@H]1CNCCN1S(=O)(=O)c1ccc(-c2cc[nH]n2)cc1. The van der Waals surface area contributed by atoms with Crippen molar-refractivity contribution in [2.75, 3.05) is 19.6 Å². The molecule has 1 aromatic carbocycles. The summed E-state index contributed by atoms with van der Waals surface area (Å²) < 4.78 is 26.8. The fraction of sp³-hybridized carbons (Fsp3) is 0.286. The van der Waals surface area contributed by atoms with Crippen LogP contribution in [0.5, 0.6) is 0 Å². The molecule has 1 fully saturated rings. The number of piperazine rings is 1. The predicted octanol–water partition coefficient (Wildman–Crippen LogP) is -0.0336. The van der Waals surface area contributed by atoms with Gasteiger partial charge in [-0.2, -0.15) is 9.40 Å². The van der Waals surface area contributed by atoms with Crippen molar-refractivity contribution in [1.82, 2.24) is 25.3 Å². The van der Waals surface area contributed by atoms with Crippen LogP contribution in [-0.2, 0) is 14.8 Å². The molecule has 3 rings (SSSR count). The predicted molar refractivity (Wildman–Crippen MR) is 91.8 cm³/mol. The van der Waals surface area contributed by atoms with Gasteiger partial charge in [0.15, 0.2) is 0 Å². The minimum Gasteiger partial charge on any atom is -0.313 e. The summed E-state index contributed by atoms with van der Waals surface area (Å²) in [6, 6.07) is 7.06. The Morgan fingerprint density at radius 1 is 1.28 bits per heavy atom. The number of carbonyl (C=O) groups is 1. The minimum atomic E-state index is -3.86. The van der Waals surface area contributed by atoms with Gasteiger partial charge in [-0.3, -0.25) is 15.1 Å². The van der Waals surface area contributed by atoms with Gasteiger partial charge in [-0.1, -0.05) is 12.1 Å². The zero-order chi connectivity index (χ0) is 17.2. The second-order valence-electron chi connectivity index (χ2n) is 5.30. The molecule has 0 radical (unpaired) electrons. The van der Waals surface area contributed by atoms with Crippen molar-refractivity contribution in [2.45, 2.75) is 10.9 Å². The summed E-state index contributed by atoms with van der Waals surface area (Å²) in [6.45, 7) is 0.707. The first-order chi connectivity index (χ1) is 11.5. The average Bonchev–Trinajstić information content (AvgIpc) is 3.16. The molecule has 9 nitrogen and oxygen atoms in total. The van der Waals surface area contributed by atoms with E-state index in [1.807, 2.05) is 0 Å². The molecule has 1 aromatic heterocycles. The van der Waals surface area contributed by atoms with Crippen molar-refractivity contribution in [1.29, 1.82) is 0 Å². The number of nitrogens with one attached hydrogen (secondary N) is 3. The third kappa shape index (κ3) is 3.83. The van der Waals surface area contributed by atoms with E-state index in [0.29, 0.717) is 12.2 Å². The van der Waals surface area contributed by atoms with Gasteiger partial charge in [0.05, 0.1) is 10.6 Å². The van der Waals surface area contributed by atoms with Crippen LogP contribution in [0.3, 0.4) is 0 Å². The number of hydrogen-bond donors (Lipinski definition) is 4. The number of aromatic nitrogens is 2. The monoisotopic (exact) mass is 387 g/mol. The molecule has 0 spiro atoms. The standard InChI is InChI=1S/C14H17N5O4S.ClH/c20-14(18-21)13-9-15-7-8-19(13)24(22,23)11-3-1-10(2-4-11)12-5-6-16-17-12;/h1-6,13,15,21H,7-9H2,(H,16,17)(H,18,20);1H/t13-;/m1./s1. The summed E-state index contributed by atoms with van der Waals surface area (Å²) in [5, 5.41) is 18.5. The van der Waals surface area contributed by atoms with Crippen molar-refractivity contribution in [3.63, 3.8) is 0 Å². The van der Waals surface area contributed by atoms with E-state index in [1.54, 1.807) is 24.4 Å². The maximum atomic E-state index is 12.8. The highest BCUT2D eigenvalue weighted by atomic mass is 35.5. The molecule has 1 saturated heterocycles. The van der Waals surface area contributed by atoms with Gasteiger partial charge < -0.3 is 5.32 Å². The van der Waals surface area contributed by atoms with E-state index in [0.717, 1.165) is 9.87 Å². The second kappa shape index (κ2) is 7.93. The summed E-state index contributed by atoms with van der Waals surface area (Å²) >= 11 is 0. The number of carbonyl (C=O) groups excluding carboxylic acids is 1. The second-order valence-corrected chi connectivity index (χ2v) is 7.19. The fourth-order valence-corrected chi connectivity index (χ4v) is 4.21. The Kier molecular flexibility index (Phi) is 6.14. The molecule has 136 valence electrons. The summed E-state index contributed by atoms with van der Waals surface area (Å²) in [5.41, 5.74) is 3.00. The molecule has 0 aliphatic carbocycles. The van der Waals surface area contributed by atoms with E-state index in [2.05, 4.69) is 15.5 Å². The van der Waals surface area contributed by atoms with E-state index >= 15 is 0 Å². The first-order valence-corrected chi connectivity index (χ1v) is 8.75. The number of H-pyrrole nitrogens is 1. The highest BCUT2D eigenvalue weighted by Gasteiger charge is 2.37. The van der Waals surface area contributed by atoms with E-state index in [9.17, 15) is 13.2 Å². The highest BCUT2D eigenvalue weighted by Crippen LogP contribution is 2.23. The van der Waals surface area contributed by atoms with Crippen molar-refractivity contribution in [3.05, 3.63) is 36.5 Å². The van der Waals surface area contributed by atoms with Gasteiger partial charge in [0, 0.05) is 31.4 Å². The van der Waals surface area contributed by atoms with Crippen LogP contribution in [0.15, 0.2) is 41.4 Å². The third-order valence-electron chi connectivity index (χ3n) is 3.86. The first-order valence-electron chi connectivity index (χ1n) is 7.31. The lowest BCUT2D eigenvalue weighted by Crippen LogP contribution is -2.59. The number of nitrogens with zero attached hydrogens (tertiary/aromatic N) is 2. The van der Waals surface area contributed by atoms with Gasteiger partial charge in [-0.15, -0.1) is 12.4 Å². The lowest BCUT2D eigenvalue weighted by Gasteiger charge is -2.33. The molecular formula is C14H18ClN5O4S. The molecule has 1 amide bonds. The number of hydrogen-bond acceptors (Lipinski definition) is 6. The first kappa shape index (κ1) is 19.3. The Morgan fingerprint density at radius 2 is 2.00 bits per heavy atom. The molecule has 0 unspecified atom stereocenters. The zero-order valence-electron chi connectivity index (χ0n) is 13.0. The van der Waals surface area contributed by atoms with Crippen LogP contribution in [0.25, 0.3) is 11.3 Å². The lowest BCUT2D eigenvalue weighted by molar-refractivity contribution is -0.133. The van der Waals surface area contributed by atoms with Crippen LogP contribution in [0, 0.1) is 0 Å². The fourth-order valence-electron chi connectivity index (χ4n) is 2.63. The molecule has 0 saturated carbocycles. The smallest absolute Gasteiger partial charge is 0.263 e. The molecule has 1 aliphatic heterocycles. The van der Waals surface area contributed by atoms with Crippen molar-refractivity contribution in [3.8, 4) is 11.3 Å². The summed E-state index contributed by atoms with van der Waals surface area (Å²) in [6.07, 6.45) is 1.68. The van der Waals surface area contributed by atoms with Crippen LogP contribution in [0.4, 0.5) is 0 Å². The van der Waals surface area contributed by atoms with Crippen LogP contribution >= 0.6 is 12.4 Å². The maximum Gasteiger partial charge on any atom is 0.263 e. The van der Waals surface area contributed by atoms with Crippen molar-refractivity contribution in [2.24, 2.45) is 0 Å². The number of sulfonamides is 1. The molecule has 2 aromatic rings. The van der Waals surface area contributed by atoms with Crippen LogP contribution < -0.4 is 10.8 Å². The minimum absolute atomic E-state index is 0. The van der Waals surface area contributed by atoms with Gasteiger partial charge in [0.2, 0.25) is 10.0 Å². The van der Waals surface area contributed by atoms with Gasteiger partial charge in [0.1, 0.15) is 6.04 Å². The van der Waals surface area contributed by atoms with Crippen LogP contribution in [0.2, 0.25) is 0 Å². The van der Waals surface area contributed by atoms with Gasteiger partial charge in [-0.05, 0) is 18.2 Å². The molecule has 2 heterocycles. The number of rotatable bonds is 4. The van der Waals surface area contributed by atoms with Crippen molar-refractivity contribution >= 4 is 28.3 Å². The Balaban J connectivity index is 0.00000225. The number of amides is 1. The molecular weight excluding hydrogens is 370 g/mol. The van der Waals surface area contributed by atoms with E-state index in [-0.39, 0.29) is 30.4 Å². The lowest BCUT2D eigenvalue weighted by atomic mass is 10.2. The Labute approximate surface area is 150 Å². The number of aromatic amines is 1. The van der Waals surface area contributed by atoms with Crippen molar-refractivity contribution < 1.29 is 18.4 Å². The Bertz CT molecular complexity index is 810. The summed E-state index contributed by atoms with van der Waals surface area (Å²) in [4.78, 5) is 11.8. The van der Waals surface area contributed by atoms with Crippen LogP contribution in [0.1, 0.15) is 0 Å². The van der Waals surface area contributed by atoms with Crippen LogP contribution in [-0.4, -0.2) is 59.7 Å². The zero-order valence-corrected chi connectivity index (χ0v) is 14.7. The van der Waals surface area contributed by atoms with E-state index < -0.39 is 22.0 Å². The molecule has 25 heavy (non-hydrogen) atoms. The highest BCUT2D eigenvalue weighted by molar-refractivity contribution is 7.89. The number of hydroxylamine groups is 1. The number of benzene rings is 1. The largest absolute Gasteiger partial charge is 0.313 e. The van der Waals surface area contributed by atoms with Gasteiger partial charge >= 0.3 is 0 Å². The van der Waals surface area contributed by atoms with Gasteiger partial charge in [0.25, 0.3) is 5.91 Å². The summed E-state index contributed by atoms with van der Waals surface area (Å²) in [7, 11) is -3.86. The Hall–Kier alpha value is -1.98. The van der Waals surface area contributed by atoms with E-state index in [4.69, 9.17) is 5.21 Å². The molecule has 1 atom stereocenters. The molecule has 11 heteroatoms. The normalized spacial score (nSPS) is 18.4. The quantitative estimate of drug-likeness (QED) is 0.431. The average molecular weight is 388 g/mol. The third-order valence-corrected chi connectivity index (χ3v) is 5.79. The topological polar surface area (TPSA) is 127 Å². The molecule has 4 N–H and O–H groups in total. The maximum absolute atomic E-state index is 12.8. The molecule has 1 aliphatic rings. The number of halogens is 1. The van der Waals surface area contributed by atoms with Gasteiger partial charge in [-0.25, -0.2) is 13.9 Å². The van der Waals surface area contributed by atoms with E-state index in [1.165, 1.54) is 17.6 Å².